The summed E-state index contributed by atoms with van der Waals surface area (Å²) in [6, 6.07) is 5.44. The van der Waals surface area contributed by atoms with Crippen LogP contribution in [0.5, 0.6) is 0 Å². The first kappa shape index (κ1) is 14.2. The highest BCUT2D eigenvalue weighted by Gasteiger charge is 2.13. The molecule has 0 spiro atoms. The molecule has 2 N–H and O–H groups in total. The molecule has 20 heavy (non-hydrogen) atoms. The molecule has 1 aromatic heterocycles. The third kappa shape index (κ3) is 3.41. The highest BCUT2D eigenvalue weighted by molar-refractivity contribution is 9.10. The summed E-state index contributed by atoms with van der Waals surface area (Å²) in [5.41, 5.74) is 1.62. The number of carboxylic acid groups (broad SMARTS) is 1. The molecule has 0 aliphatic heterocycles. The molecule has 0 fully saturated rings. The van der Waals surface area contributed by atoms with E-state index in [1.165, 1.54) is 6.20 Å². The van der Waals surface area contributed by atoms with Crippen molar-refractivity contribution in [3.8, 4) is 0 Å². The third-order valence-corrected chi connectivity index (χ3v) is 3.00. The fourth-order valence-corrected chi connectivity index (χ4v) is 2.05. The average molecular weight is 339 g/mol. The summed E-state index contributed by atoms with van der Waals surface area (Å²) >= 11 is 3.34. The summed E-state index contributed by atoms with van der Waals surface area (Å²) in [5.74, 6) is -1.49. The second-order valence-corrected chi connectivity index (χ2v) is 5.02. The van der Waals surface area contributed by atoms with Crippen LogP contribution in [0.2, 0.25) is 0 Å². The number of amides is 1. The van der Waals surface area contributed by atoms with E-state index in [0.717, 1.165) is 14.7 Å². The number of hydrogen-bond acceptors (Lipinski definition) is 4. The van der Waals surface area contributed by atoms with E-state index in [9.17, 15) is 9.59 Å². The van der Waals surface area contributed by atoms with Crippen LogP contribution in [0.3, 0.4) is 0 Å². The van der Waals surface area contributed by atoms with Gasteiger partial charge in [-0.15, -0.1) is 5.10 Å². The minimum absolute atomic E-state index is 0.0635. The van der Waals surface area contributed by atoms with E-state index < -0.39 is 11.9 Å². The minimum atomic E-state index is -1.05. The molecule has 0 unspecified atom stereocenters. The van der Waals surface area contributed by atoms with Crippen molar-refractivity contribution < 1.29 is 14.7 Å². The Hall–Kier alpha value is -2.22. The van der Waals surface area contributed by atoms with Gasteiger partial charge < -0.3 is 10.4 Å². The van der Waals surface area contributed by atoms with Crippen LogP contribution in [-0.2, 0) is 11.3 Å². The Morgan fingerprint density at radius 2 is 2.20 bits per heavy atom. The van der Waals surface area contributed by atoms with E-state index >= 15 is 0 Å². The van der Waals surface area contributed by atoms with Crippen LogP contribution < -0.4 is 5.32 Å². The van der Waals surface area contributed by atoms with Gasteiger partial charge in [0.1, 0.15) is 6.54 Å². The molecule has 104 valence electrons. The number of carbonyl (C=O) groups excluding carboxylic acids is 1. The van der Waals surface area contributed by atoms with Crippen molar-refractivity contribution in [1.82, 2.24) is 15.0 Å². The summed E-state index contributed by atoms with van der Waals surface area (Å²) in [7, 11) is 0. The van der Waals surface area contributed by atoms with Gasteiger partial charge >= 0.3 is 5.97 Å². The Bertz CT molecular complexity index is 668. The number of nitrogens with one attached hydrogen (secondary N) is 1. The fourth-order valence-electron chi connectivity index (χ4n) is 1.57. The van der Waals surface area contributed by atoms with E-state index in [-0.39, 0.29) is 12.2 Å². The second kappa shape index (κ2) is 5.83. The largest absolute Gasteiger partial charge is 0.480 e. The molecule has 0 bridgehead atoms. The van der Waals surface area contributed by atoms with Crippen molar-refractivity contribution in [2.45, 2.75) is 13.5 Å². The molecular formula is C12H11BrN4O3. The van der Waals surface area contributed by atoms with Crippen LogP contribution in [0, 0.1) is 6.92 Å². The Morgan fingerprint density at radius 3 is 2.85 bits per heavy atom. The third-order valence-electron chi connectivity index (χ3n) is 2.51. The summed E-state index contributed by atoms with van der Waals surface area (Å²) in [5, 5.41) is 18.5. The maximum atomic E-state index is 12.0. The predicted molar refractivity (Wildman–Crippen MR) is 74.5 cm³/mol. The number of aromatic nitrogens is 3. The number of halogens is 1. The summed E-state index contributed by atoms with van der Waals surface area (Å²) in [4.78, 5) is 22.5. The molecule has 7 nitrogen and oxygen atoms in total. The Kier molecular flexibility index (Phi) is 4.14. The number of nitrogens with zero attached hydrogens (tertiary/aromatic N) is 3. The van der Waals surface area contributed by atoms with Crippen LogP contribution in [0.4, 0.5) is 5.69 Å². The Balaban J connectivity index is 2.11. The van der Waals surface area contributed by atoms with Crippen molar-refractivity contribution in [2.24, 2.45) is 0 Å². The summed E-state index contributed by atoms with van der Waals surface area (Å²) in [6.45, 7) is 1.53. The lowest BCUT2D eigenvalue weighted by Crippen LogP contribution is -2.13. The van der Waals surface area contributed by atoms with Crippen LogP contribution in [0.1, 0.15) is 16.1 Å². The SMILES string of the molecule is Cc1cc(Br)ccc1NC(=O)c1cn(CC(=O)O)nn1. The average Bonchev–Trinajstić information content (AvgIpc) is 2.80. The minimum Gasteiger partial charge on any atom is -0.480 e. The normalized spacial score (nSPS) is 10.3. The molecule has 2 aromatic rings. The number of aliphatic carboxylic acids is 1. The van der Waals surface area contributed by atoms with Crippen molar-refractivity contribution in [3.63, 3.8) is 0 Å². The van der Waals surface area contributed by atoms with Gasteiger partial charge in [0.2, 0.25) is 0 Å². The number of rotatable bonds is 4. The molecule has 1 heterocycles. The van der Waals surface area contributed by atoms with Crippen LogP contribution in [-0.4, -0.2) is 32.0 Å². The molecular weight excluding hydrogens is 328 g/mol. The molecule has 2 rings (SSSR count). The van der Waals surface area contributed by atoms with Crippen molar-refractivity contribution >= 4 is 33.5 Å². The summed E-state index contributed by atoms with van der Waals surface area (Å²) in [6.07, 6.45) is 1.29. The molecule has 1 aromatic carbocycles. The van der Waals surface area contributed by atoms with Crippen LogP contribution in [0.15, 0.2) is 28.9 Å². The molecule has 0 aliphatic carbocycles. The Morgan fingerprint density at radius 1 is 1.45 bits per heavy atom. The number of aryl methyl sites for hydroxylation is 1. The number of anilines is 1. The molecule has 0 saturated heterocycles. The zero-order valence-electron chi connectivity index (χ0n) is 10.5. The van der Waals surface area contributed by atoms with Crippen molar-refractivity contribution in [2.75, 3.05) is 5.32 Å². The topological polar surface area (TPSA) is 97.1 Å². The maximum Gasteiger partial charge on any atom is 0.325 e. The number of benzene rings is 1. The maximum absolute atomic E-state index is 12.0. The monoisotopic (exact) mass is 338 g/mol. The highest BCUT2D eigenvalue weighted by atomic mass is 79.9. The molecule has 0 aliphatic rings. The quantitative estimate of drug-likeness (QED) is 0.883. The first-order valence-corrected chi connectivity index (χ1v) is 6.44. The van der Waals surface area contributed by atoms with Gasteiger partial charge in [0.15, 0.2) is 5.69 Å². The Labute approximate surface area is 122 Å². The van der Waals surface area contributed by atoms with Gasteiger partial charge in [-0.2, -0.15) is 0 Å². The zero-order chi connectivity index (χ0) is 14.7. The highest BCUT2D eigenvalue weighted by Crippen LogP contribution is 2.20. The molecule has 0 saturated carbocycles. The lowest BCUT2D eigenvalue weighted by molar-refractivity contribution is -0.137. The number of hydrogen-bond donors (Lipinski definition) is 2. The van der Waals surface area contributed by atoms with Crippen LogP contribution in [0.25, 0.3) is 0 Å². The van der Waals surface area contributed by atoms with E-state index in [1.807, 2.05) is 19.1 Å². The van der Waals surface area contributed by atoms with E-state index in [0.29, 0.717) is 5.69 Å². The van der Waals surface area contributed by atoms with Crippen molar-refractivity contribution in [1.29, 1.82) is 0 Å². The van der Waals surface area contributed by atoms with Crippen molar-refractivity contribution in [3.05, 3.63) is 40.1 Å². The molecule has 1 amide bonds. The van der Waals surface area contributed by atoms with E-state index in [2.05, 4.69) is 31.6 Å². The molecule has 8 heteroatoms. The lowest BCUT2D eigenvalue weighted by atomic mass is 10.2. The van der Waals surface area contributed by atoms with Gasteiger partial charge in [-0.05, 0) is 30.7 Å². The molecule has 0 radical (unpaired) electrons. The van der Waals surface area contributed by atoms with Gasteiger partial charge in [0, 0.05) is 10.2 Å². The van der Waals surface area contributed by atoms with E-state index in [1.54, 1.807) is 6.07 Å². The lowest BCUT2D eigenvalue weighted by Gasteiger charge is -2.06. The van der Waals surface area contributed by atoms with Gasteiger partial charge in [0.05, 0.1) is 6.20 Å². The smallest absolute Gasteiger partial charge is 0.325 e. The predicted octanol–water partition coefficient (Wildman–Crippen LogP) is 1.69. The van der Waals surface area contributed by atoms with E-state index in [4.69, 9.17) is 5.11 Å². The van der Waals surface area contributed by atoms with Crippen LogP contribution >= 0.6 is 15.9 Å². The van der Waals surface area contributed by atoms with Gasteiger partial charge in [-0.25, -0.2) is 4.68 Å². The molecule has 0 atom stereocenters. The second-order valence-electron chi connectivity index (χ2n) is 4.11. The summed E-state index contributed by atoms with van der Waals surface area (Å²) < 4.78 is 2.01. The van der Waals surface area contributed by atoms with Gasteiger partial charge in [-0.1, -0.05) is 21.1 Å². The van der Waals surface area contributed by atoms with Gasteiger partial charge in [-0.3, -0.25) is 9.59 Å². The van der Waals surface area contributed by atoms with Gasteiger partial charge in [0.25, 0.3) is 5.91 Å². The fraction of sp³-hybridized carbons (Fsp3) is 0.167. The zero-order valence-corrected chi connectivity index (χ0v) is 12.1. The number of carbonyl (C=O) groups is 2. The first-order valence-electron chi connectivity index (χ1n) is 5.65. The number of carboxylic acids is 1. The standard InChI is InChI=1S/C12H11BrN4O3/c1-7-4-8(13)2-3-9(7)14-12(20)10-5-17(16-15-10)6-11(18)19/h2-5H,6H2,1H3,(H,14,20)(H,18,19). The first-order chi connectivity index (χ1) is 9.45.